The molecule has 23 heteroatoms. The molecule has 5 N–H and O–H groups in total. The highest BCUT2D eigenvalue weighted by atomic mass is 35.5. The molecular formula is C30H30ClF9N6O7. The van der Waals surface area contributed by atoms with Gasteiger partial charge in [-0.2, -0.15) is 44.5 Å². The quantitative estimate of drug-likeness (QED) is 0.186. The summed E-state index contributed by atoms with van der Waals surface area (Å²) < 4.78 is 101. The number of aliphatic carboxylic acids is 3. The van der Waals surface area contributed by atoms with Gasteiger partial charge in [0.1, 0.15) is 10.8 Å². The average molecular weight is 793 g/mol. The minimum absolute atomic E-state index is 0.457. The number of rotatable bonds is 2. The number of fused-ring (bicyclic) bond motifs is 6. The Kier molecular flexibility index (Phi) is 15.9. The number of carboxylic acids is 3. The van der Waals surface area contributed by atoms with Gasteiger partial charge in [0.25, 0.3) is 0 Å². The summed E-state index contributed by atoms with van der Waals surface area (Å²) in [6.07, 6.45) is -12.8. The Bertz CT molecular complexity index is 1650. The number of aromatic nitrogens is 2. The van der Waals surface area contributed by atoms with E-state index in [-0.39, 0.29) is 0 Å². The number of ether oxygens (including phenoxy) is 1. The van der Waals surface area contributed by atoms with Gasteiger partial charge in [0.15, 0.2) is 5.82 Å². The number of carbonyl (C=O) groups is 3. The Labute approximate surface area is 298 Å². The maximum absolute atomic E-state index is 10.6. The van der Waals surface area contributed by atoms with Crippen molar-refractivity contribution < 1.29 is 74.0 Å². The van der Waals surface area contributed by atoms with E-state index in [1.807, 2.05) is 24.3 Å². The Morgan fingerprint density at radius 3 is 1.89 bits per heavy atom. The molecule has 0 aliphatic carbocycles. The number of carboxylic acid groups (broad SMARTS) is 3. The van der Waals surface area contributed by atoms with Crippen molar-refractivity contribution in [2.45, 2.75) is 31.5 Å². The Morgan fingerprint density at radius 1 is 0.811 bits per heavy atom. The van der Waals surface area contributed by atoms with E-state index in [0.717, 1.165) is 56.3 Å². The van der Waals surface area contributed by atoms with Gasteiger partial charge in [-0.05, 0) is 42.4 Å². The summed E-state index contributed by atoms with van der Waals surface area (Å²) in [6, 6.07) is 14.4. The van der Waals surface area contributed by atoms with Crippen LogP contribution in [0.5, 0.6) is 5.75 Å². The summed E-state index contributed by atoms with van der Waals surface area (Å²) in [6.45, 7) is 5.89. The van der Waals surface area contributed by atoms with E-state index in [2.05, 4.69) is 55.6 Å². The van der Waals surface area contributed by atoms with Crippen molar-refractivity contribution in [3.8, 4) is 5.75 Å². The van der Waals surface area contributed by atoms with Crippen molar-refractivity contribution in [2.75, 3.05) is 50.5 Å². The third-order valence-electron chi connectivity index (χ3n) is 6.54. The lowest BCUT2D eigenvalue weighted by Crippen LogP contribution is -2.43. The van der Waals surface area contributed by atoms with Crippen LogP contribution in [0.1, 0.15) is 11.1 Å². The van der Waals surface area contributed by atoms with Crippen molar-refractivity contribution in [1.29, 1.82) is 0 Å². The number of hydrogen-bond donors (Lipinski definition) is 5. The van der Waals surface area contributed by atoms with Crippen LogP contribution >= 0.6 is 11.6 Å². The monoisotopic (exact) mass is 792 g/mol. The second kappa shape index (κ2) is 19.1. The third-order valence-corrected chi connectivity index (χ3v) is 6.82. The Balaban J connectivity index is 0.000000379. The fourth-order valence-electron chi connectivity index (χ4n) is 4.07. The SMILES string of the molecule is CN1CCN(Cc2cc3cc(c2)Nc2ncc(Cl)c(n2)Nc2cccc(c2)OCC3)CC1.O=C(O)C(F)(F)F.O=C(O)C(F)(F)F.O=C(O)C(F)(F)F. The molecule has 0 atom stereocenters. The number of nitrogens with zero attached hydrogens (tertiary/aromatic N) is 4. The van der Waals surface area contributed by atoms with Crippen LogP contribution in [0.25, 0.3) is 0 Å². The number of alkyl halides is 9. The van der Waals surface area contributed by atoms with E-state index in [1.165, 1.54) is 11.1 Å². The lowest BCUT2D eigenvalue weighted by molar-refractivity contribution is -0.193. The zero-order valence-corrected chi connectivity index (χ0v) is 27.9. The molecule has 0 unspecified atom stereocenters. The first-order chi connectivity index (χ1) is 24.4. The van der Waals surface area contributed by atoms with Crippen LogP contribution in [0.3, 0.4) is 0 Å². The van der Waals surface area contributed by atoms with E-state index in [1.54, 1.807) is 6.20 Å². The molecule has 0 radical (unpaired) electrons. The zero-order valence-electron chi connectivity index (χ0n) is 27.1. The number of likely N-dealkylation sites (N-methyl/N-ethyl adjacent to an activating group) is 1. The first-order valence-corrected chi connectivity index (χ1v) is 15.1. The molecule has 1 aromatic heterocycles. The first kappa shape index (κ1) is 44.1. The van der Waals surface area contributed by atoms with Crippen molar-refractivity contribution in [1.82, 2.24) is 19.8 Å². The predicted octanol–water partition coefficient (Wildman–Crippen LogP) is 6.20. The van der Waals surface area contributed by atoms with Gasteiger partial charge >= 0.3 is 36.4 Å². The molecule has 1 saturated heterocycles. The molecule has 0 saturated carbocycles. The summed E-state index contributed by atoms with van der Waals surface area (Å²) in [4.78, 5) is 40.5. The summed E-state index contributed by atoms with van der Waals surface area (Å²) in [5, 5.41) is 28.5. The van der Waals surface area contributed by atoms with Crippen LogP contribution in [-0.2, 0) is 27.3 Å². The zero-order chi connectivity index (χ0) is 40.1. The second-order valence-electron chi connectivity index (χ2n) is 10.8. The van der Waals surface area contributed by atoms with Gasteiger partial charge in [0.2, 0.25) is 5.95 Å². The lowest BCUT2D eigenvalue weighted by atomic mass is 10.1. The number of piperazine rings is 1. The van der Waals surface area contributed by atoms with Gasteiger partial charge in [-0.1, -0.05) is 23.7 Å². The van der Waals surface area contributed by atoms with Crippen LogP contribution < -0.4 is 15.4 Å². The number of nitrogens with one attached hydrogen (secondary N) is 2. The maximum atomic E-state index is 10.6. The molecule has 5 rings (SSSR count). The molecule has 6 bridgehead atoms. The number of anilines is 4. The fourth-order valence-corrected chi connectivity index (χ4v) is 4.20. The van der Waals surface area contributed by atoms with Crippen LogP contribution in [0.15, 0.2) is 48.7 Å². The molecule has 13 nitrogen and oxygen atoms in total. The molecule has 0 spiro atoms. The molecule has 2 aromatic carbocycles. The predicted molar refractivity (Wildman–Crippen MR) is 170 cm³/mol. The maximum Gasteiger partial charge on any atom is 0.490 e. The molecule has 292 valence electrons. The summed E-state index contributed by atoms with van der Waals surface area (Å²) in [5.41, 5.74) is 4.32. The molecular weight excluding hydrogens is 763 g/mol. The van der Waals surface area contributed by atoms with Crippen molar-refractivity contribution in [3.63, 3.8) is 0 Å². The van der Waals surface area contributed by atoms with Gasteiger partial charge in [-0.15, -0.1) is 0 Å². The normalized spacial score (nSPS) is 14.7. The van der Waals surface area contributed by atoms with Crippen LogP contribution in [0, 0.1) is 0 Å². The molecule has 3 heterocycles. The molecule has 2 aliphatic heterocycles. The van der Waals surface area contributed by atoms with Gasteiger partial charge in [-0.25, -0.2) is 19.4 Å². The van der Waals surface area contributed by atoms with E-state index in [9.17, 15) is 39.5 Å². The minimum atomic E-state index is -5.08. The Hall–Kier alpha value is -5.09. The van der Waals surface area contributed by atoms with Crippen molar-refractivity contribution in [3.05, 3.63) is 64.8 Å². The standard InChI is InChI=1S/C24H27ClN6O.3C2HF3O2/c1-30-6-8-31(9-7-30)16-18-11-17-5-10-32-21-4-2-3-19(14-21)27-23-22(25)15-26-24(29-23)28-20(12-17)13-18;3*3-2(4,5)1(6)7/h2-4,11-15H,5-10,16H2,1H3,(H2,26,27,28,29);3*(H,6,7). The summed E-state index contributed by atoms with van der Waals surface area (Å²) in [7, 11) is 2.18. The molecule has 2 aliphatic rings. The minimum Gasteiger partial charge on any atom is -0.493 e. The fraction of sp³-hybridized carbons (Fsp3) is 0.367. The second-order valence-corrected chi connectivity index (χ2v) is 11.2. The number of benzene rings is 2. The highest BCUT2D eigenvalue weighted by Gasteiger charge is 2.39. The largest absolute Gasteiger partial charge is 0.493 e. The van der Waals surface area contributed by atoms with Gasteiger partial charge in [0.05, 0.1) is 12.8 Å². The van der Waals surface area contributed by atoms with Gasteiger partial charge in [0, 0.05) is 56.6 Å². The first-order valence-electron chi connectivity index (χ1n) is 14.7. The van der Waals surface area contributed by atoms with Crippen LogP contribution in [-0.4, -0.2) is 111 Å². The van der Waals surface area contributed by atoms with Gasteiger partial charge in [-0.3, -0.25) is 4.90 Å². The molecule has 1 fully saturated rings. The summed E-state index contributed by atoms with van der Waals surface area (Å²) >= 11 is 6.35. The highest BCUT2D eigenvalue weighted by Crippen LogP contribution is 2.28. The average Bonchev–Trinajstić information content (AvgIpc) is 3.03. The Morgan fingerprint density at radius 2 is 1.36 bits per heavy atom. The van der Waals surface area contributed by atoms with Gasteiger partial charge < -0.3 is 35.6 Å². The lowest BCUT2D eigenvalue weighted by Gasteiger charge is -2.32. The third kappa shape index (κ3) is 16.4. The molecule has 3 aromatic rings. The topological polar surface area (TPSA) is 177 Å². The number of halogens is 10. The molecule has 53 heavy (non-hydrogen) atoms. The number of hydrogen-bond acceptors (Lipinski definition) is 10. The van der Waals surface area contributed by atoms with Crippen LogP contribution in [0.4, 0.5) is 62.7 Å². The van der Waals surface area contributed by atoms with E-state index in [4.69, 9.17) is 46.0 Å². The van der Waals surface area contributed by atoms with E-state index in [0.29, 0.717) is 23.4 Å². The van der Waals surface area contributed by atoms with Crippen molar-refractivity contribution in [2.24, 2.45) is 0 Å². The smallest absolute Gasteiger partial charge is 0.490 e. The van der Waals surface area contributed by atoms with Crippen LogP contribution in [0.2, 0.25) is 5.02 Å². The highest BCUT2D eigenvalue weighted by molar-refractivity contribution is 6.32. The van der Waals surface area contributed by atoms with Crippen molar-refractivity contribution >= 4 is 52.6 Å². The van der Waals surface area contributed by atoms with E-state index >= 15 is 0 Å². The van der Waals surface area contributed by atoms with E-state index < -0.39 is 36.4 Å². The summed E-state index contributed by atoms with van der Waals surface area (Å²) in [5.74, 6) is -6.41. The molecule has 0 amide bonds.